The fourth-order valence-electron chi connectivity index (χ4n) is 2.28. The van der Waals surface area contributed by atoms with Gasteiger partial charge in [0.05, 0.1) is 16.1 Å². The third kappa shape index (κ3) is 2.98. The maximum Gasteiger partial charge on any atom is 0.416 e. The number of rotatable bonds is 1. The van der Waals surface area contributed by atoms with Gasteiger partial charge >= 0.3 is 6.18 Å². The van der Waals surface area contributed by atoms with Crippen LogP contribution in [0, 0.1) is 0 Å². The van der Waals surface area contributed by atoms with Gasteiger partial charge in [0.25, 0.3) is 5.56 Å². The zero-order valence-electron chi connectivity index (χ0n) is 11.9. The molecule has 0 saturated carbocycles. The molecule has 1 aromatic carbocycles. The van der Waals surface area contributed by atoms with Crippen molar-refractivity contribution >= 4 is 23.3 Å². The number of alkyl halides is 3. The number of aromatic nitrogens is 1. The number of hydrogen-bond donors (Lipinski definition) is 0. The largest absolute Gasteiger partial charge is 0.416 e. The topological polar surface area (TPSA) is 51.4 Å². The Labute approximate surface area is 132 Å². The van der Waals surface area contributed by atoms with Crippen molar-refractivity contribution in [2.24, 2.45) is 4.99 Å². The Balaban J connectivity index is 2.09. The predicted molar refractivity (Wildman–Crippen MR) is 79.1 cm³/mol. The lowest BCUT2D eigenvalue weighted by molar-refractivity contribution is -0.137. The van der Waals surface area contributed by atoms with Crippen LogP contribution in [0.4, 0.5) is 13.2 Å². The van der Waals surface area contributed by atoms with E-state index in [2.05, 4.69) is 4.99 Å². The third-order valence-electron chi connectivity index (χ3n) is 3.39. The molecule has 0 N–H and O–H groups in total. The van der Waals surface area contributed by atoms with Crippen LogP contribution in [0.15, 0.2) is 34.1 Å². The van der Waals surface area contributed by atoms with E-state index in [9.17, 15) is 22.8 Å². The predicted octanol–water partition coefficient (Wildman–Crippen LogP) is 1.81. The molecule has 8 heteroatoms. The van der Waals surface area contributed by atoms with Crippen molar-refractivity contribution < 1.29 is 18.0 Å². The van der Waals surface area contributed by atoms with E-state index in [1.54, 1.807) is 6.92 Å². The highest BCUT2D eigenvalue weighted by atomic mass is 32.1. The Hall–Kier alpha value is -2.22. The van der Waals surface area contributed by atoms with Crippen LogP contribution in [0.5, 0.6) is 0 Å². The zero-order valence-corrected chi connectivity index (χ0v) is 12.7. The quantitative estimate of drug-likeness (QED) is 0.795. The smallest absolute Gasteiger partial charge is 0.274 e. The Bertz CT molecular complexity index is 939. The maximum atomic E-state index is 12.5. The number of halogens is 3. The standard InChI is InChI=1S/C15H11F3N2O2S/c1-8-6-12(21)20-13(22)11(23-14(20)19-8)7-9-2-4-10(5-3-9)15(16,17)18/h2-5,7-8H,6H2,1H3/b11-7+/t8-/m1/s1. The SMILES string of the molecule is C[C@@H]1CC(=O)n2c(s/c(=C/c3ccc(C(F)(F)F)cc3)c2=O)=N1. The molecule has 1 aromatic heterocycles. The van der Waals surface area contributed by atoms with Gasteiger partial charge < -0.3 is 0 Å². The summed E-state index contributed by atoms with van der Waals surface area (Å²) in [5.41, 5.74) is -0.781. The number of fused-ring (bicyclic) bond motifs is 1. The molecule has 0 saturated heterocycles. The van der Waals surface area contributed by atoms with Gasteiger partial charge in [0.1, 0.15) is 0 Å². The number of carbonyl (C=O) groups excluding carboxylic acids is 1. The van der Waals surface area contributed by atoms with Crippen LogP contribution in [0.2, 0.25) is 0 Å². The second-order valence-corrected chi connectivity index (χ2v) is 6.24. The first-order chi connectivity index (χ1) is 10.8. The molecule has 1 aliphatic rings. The molecule has 1 aliphatic heterocycles. The number of benzene rings is 1. The van der Waals surface area contributed by atoms with Gasteiger partial charge in [-0.05, 0) is 30.7 Å². The summed E-state index contributed by atoms with van der Waals surface area (Å²) in [7, 11) is 0. The van der Waals surface area contributed by atoms with Gasteiger partial charge in [-0.3, -0.25) is 14.6 Å². The van der Waals surface area contributed by atoms with Crippen molar-refractivity contribution in [3.63, 3.8) is 0 Å². The summed E-state index contributed by atoms with van der Waals surface area (Å²) < 4.78 is 38.9. The van der Waals surface area contributed by atoms with E-state index in [0.29, 0.717) is 10.4 Å². The van der Waals surface area contributed by atoms with E-state index in [4.69, 9.17) is 0 Å². The van der Waals surface area contributed by atoms with Gasteiger partial charge in [-0.15, -0.1) is 0 Å². The fourth-order valence-corrected chi connectivity index (χ4v) is 3.36. The van der Waals surface area contributed by atoms with E-state index >= 15 is 0 Å². The van der Waals surface area contributed by atoms with Crippen molar-refractivity contribution in [1.82, 2.24) is 4.57 Å². The summed E-state index contributed by atoms with van der Waals surface area (Å²) in [5.74, 6) is -0.309. The van der Waals surface area contributed by atoms with Gasteiger partial charge in [0.2, 0.25) is 5.91 Å². The van der Waals surface area contributed by atoms with Crippen molar-refractivity contribution in [2.75, 3.05) is 0 Å². The van der Waals surface area contributed by atoms with Crippen molar-refractivity contribution in [3.05, 3.63) is 55.1 Å². The third-order valence-corrected chi connectivity index (χ3v) is 4.38. The van der Waals surface area contributed by atoms with Crippen LogP contribution in [-0.4, -0.2) is 16.5 Å². The highest BCUT2D eigenvalue weighted by Gasteiger charge is 2.29. The van der Waals surface area contributed by atoms with Gasteiger partial charge in [0.15, 0.2) is 4.80 Å². The van der Waals surface area contributed by atoms with Crippen LogP contribution in [0.3, 0.4) is 0 Å². The van der Waals surface area contributed by atoms with Crippen molar-refractivity contribution in [1.29, 1.82) is 0 Å². The van der Waals surface area contributed by atoms with Crippen molar-refractivity contribution in [2.45, 2.75) is 25.6 Å². The summed E-state index contributed by atoms with van der Waals surface area (Å²) in [6, 6.07) is 4.29. The van der Waals surface area contributed by atoms with E-state index in [1.807, 2.05) is 0 Å². The lowest BCUT2D eigenvalue weighted by atomic mass is 10.1. The minimum atomic E-state index is -4.40. The van der Waals surface area contributed by atoms with Gasteiger partial charge in [-0.25, -0.2) is 4.57 Å². The van der Waals surface area contributed by atoms with E-state index in [0.717, 1.165) is 28.0 Å². The molecule has 0 aliphatic carbocycles. The van der Waals surface area contributed by atoms with E-state index in [-0.39, 0.29) is 22.9 Å². The van der Waals surface area contributed by atoms with E-state index in [1.165, 1.54) is 18.2 Å². The first kappa shape index (κ1) is 15.7. The molecule has 0 bridgehead atoms. The average molecular weight is 340 g/mol. The maximum absolute atomic E-state index is 12.5. The Morgan fingerprint density at radius 2 is 1.91 bits per heavy atom. The Morgan fingerprint density at radius 3 is 2.52 bits per heavy atom. The van der Waals surface area contributed by atoms with Crippen LogP contribution >= 0.6 is 11.3 Å². The minimum absolute atomic E-state index is 0.170. The molecule has 0 fully saturated rings. The number of thiazole rings is 1. The van der Waals surface area contributed by atoms with Crippen LogP contribution < -0.4 is 14.9 Å². The van der Waals surface area contributed by atoms with Gasteiger partial charge in [-0.2, -0.15) is 13.2 Å². The molecule has 23 heavy (non-hydrogen) atoms. The summed E-state index contributed by atoms with van der Waals surface area (Å²) >= 11 is 1.06. The molecular weight excluding hydrogens is 329 g/mol. The second kappa shape index (κ2) is 5.45. The highest BCUT2D eigenvalue weighted by Crippen LogP contribution is 2.29. The molecule has 1 atom stereocenters. The molecule has 0 spiro atoms. The molecule has 2 heterocycles. The fraction of sp³-hybridized carbons (Fsp3) is 0.267. The molecule has 0 amide bonds. The Morgan fingerprint density at radius 1 is 1.26 bits per heavy atom. The number of hydrogen-bond acceptors (Lipinski definition) is 4. The summed E-state index contributed by atoms with van der Waals surface area (Å²) in [5, 5.41) is 0. The minimum Gasteiger partial charge on any atom is -0.274 e. The van der Waals surface area contributed by atoms with Crippen LogP contribution in [0.25, 0.3) is 6.08 Å². The molecule has 3 rings (SSSR count). The highest BCUT2D eigenvalue weighted by molar-refractivity contribution is 7.07. The first-order valence-corrected chi connectivity index (χ1v) is 7.59. The molecule has 0 unspecified atom stereocenters. The molecular formula is C15H11F3N2O2S. The van der Waals surface area contributed by atoms with Gasteiger partial charge in [-0.1, -0.05) is 23.5 Å². The lowest BCUT2D eigenvalue weighted by Crippen LogP contribution is -2.40. The van der Waals surface area contributed by atoms with Crippen LogP contribution in [-0.2, 0) is 6.18 Å². The molecule has 0 radical (unpaired) electrons. The average Bonchev–Trinajstić information content (AvgIpc) is 2.74. The van der Waals surface area contributed by atoms with E-state index < -0.39 is 17.3 Å². The molecule has 120 valence electrons. The van der Waals surface area contributed by atoms with Crippen molar-refractivity contribution in [3.8, 4) is 0 Å². The molecule has 2 aromatic rings. The zero-order chi connectivity index (χ0) is 16.8. The normalized spacial score (nSPS) is 18.7. The summed E-state index contributed by atoms with van der Waals surface area (Å²) in [4.78, 5) is 28.7. The second-order valence-electron chi connectivity index (χ2n) is 5.23. The molecule has 4 nitrogen and oxygen atoms in total. The summed E-state index contributed by atoms with van der Waals surface area (Å²) in [6.45, 7) is 1.78. The first-order valence-electron chi connectivity index (χ1n) is 6.77. The number of nitrogens with zero attached hydrogens (tertiary/aromatic N) is 2. The monoisotopic (exact) mass is 340 g/mol. The van der Waals surface area contributed by atoms with Gasteiger partial charge in [0, 0.05) is 6.42 Å². The lowest BCUT2D eigenvalue weighted by Gasteiger charge is -2.09. The summed E-state index contributed by atoms with van der Waals surface area (Å²) in [6.07, 6.45) is -2.77. The Kier molecular flexibility index (Phi) is 3.71. The number of carbonyl (C=O) groups is 1. The van der Waals surface area contributed by atoms with Crippen LogP contribution in [0.1, 0.15) is 29.3 Å².